The second-order valence-electron chi connectivity index (χ2n) is 10.3. The van der Waals surface area contributed by atoms with Crippen molar-refractivity contribution in [2.75, 3.05) is 6.54 Å². The highest BCUT2D eigenvalue weighted by Crippen LogP contribution is 2.36. The summed E-state index contributed by atoms with van der Waals surface area (Å²) >= 11 is 0. The molecule has 1 heteroatoms. The fourth-order valence-electron chi connectivity index (χ4n) is 5.33. The highest BCUT2D eigenvalue weighted by molar-refractivity contribution is 4.74. The van der Waals surface area contributed by atoms with Gasteiger partial charge in [0.1, 0.15) is 0 Å². The van der Waals surface area contributed by atoms with E-state index in [-0.39, 0.29) is 0 Å². The van der Waals surface area contributed by atoms with Crippen molar-refractivity contribution in [3.63, 3.8) is 0 Å². The maximum Gasteiger partial charge on any atom is -0.00772 e. The molecule has 0 spiro atoms. The zero-order valence-electron chi connectivity index (χ0n) is 21.9. The van der Waals surface area contributed by atoms with Crippen LogP contribution in [0.1, 0.15) is 169 Å². The molecule has 0 aliphatic rings. The number of hydrogen-bond acceptors (Lipinski definition) is 1. The molecule has 0 radical (unpaired) electrons. The molecule has 0 aliphatic carbocycles. The van der Waals surface area contributed by atoms with Crippen LogP contribution < -0.4 is 5.73 Å². The Morgan fingerprint density at radius 3 is 1.33 bits per heavy atom. The van der Waals surface area contributed by atoms with Crippen LogP contribution in [0.25, 0.3) is 0 Å². The fraction of sp³-hybridized carbons (Fsp3) is 1.00. The van der Waals surface area contributed by atoms with Gasteiger partial charge in [0.05, 0.1) is 0 Å². The molecule has 182 valence electrons. The number of hydrogen-bond donors (Lipinski definition) is 1. The Morgan fingerprint density at radius 1 is 0.500 bits per heavy atom. The van der Waals surface area contributed by atoms with Crippen LogP contribution in [0, 0.1) is 11.3 Å². The number of nitrogens with two attached hydrogens (primary N) is 1. The van der Waals surface area contributed by atoms with Gasteiger partial charge in [-0.3, -0.25) is 0 Å². The first-order chi connectivity index (χ1) is 14.7. The molecule has 0 amide bonds. The van der Waals surface area contributed by atoms with E-state index in [0.717, 1.165) is 12.5 Å². The van der Waals surface area contributed by atoms with Crippen LogP contribution in [-0.4, -0.2) is 6.54 Å². The molecule has 0 aliphatic heterocycles. The lowest BCUT2D eigenvalue weighted by molar-refractivity contribution is 0.220. The average Bonchev–Trinajstić information content (AvgIpc) is 2.78. The van der Waals surface area contributed by atoms with Crippen LogP contribution in [0.4, 0.5) is 0 Å². The maximum absolute atomic E-state index is 5.79. The van der Waals surface area contributed by atoms with Crippen LogP contribution in [-0.2, 0) is 0 Å². The Kier molecular flexibility index (Phi) is 22.1. The lowest BCUT2D eigenvalue weighted by Gasteiger charge is -2.30. The van der Waals surface area contributed by atoms with Crippen molar-refractivity contribution in [2.45, 2.75) is 169 Å². The van der Waals surface area contributed by atoms with E-state index in [4.69, 9.17) is 5.73 Å². The first-order valence-corrected chi connectivity index (χ1v) is 14.4. The minimum atomic E-state index is 0.645. The van der Waals surface area contributed by atoms with Gasteiger partial charge in [0.2, 0.25) is 0 Å². The monoisotopic (exact) mass is 423 g/mol. The van der Waals surface area contributed by atoms with Gasteiger partial charge in [-0.1, -0.05) is 150 Å². The Bertz CT molecular complexity index is 312. The van der Waals surface area contributed by atoms with Crippen molar-refractivity contribution >= 4 is 0 Å². The first kappa shape index (κ1) is 30.0. The summed E-state index contributed by atoms with van der Waals surface area (Å²) in [7, 11) is 0. The van der Waals surface area contributed by atoms with E-state index in [1.54, 1.807) is 0 Å². The van der Waals surface area contributed by atoms with Crippen LogP contribution in [0.3, 0.4) is 0 Å². The summed E-state index contributed by atoms with van der Waals surface area (Å²) in [6.07, 6.45) is 31.3. The van der Waals surface area contributed by atoms with Gasteiger partial charge < -0.3 is 5.73 Å². The number of unbranched alkanes of at least 4 members (excludes halogenated alkanes) is 12. The Hall–Kier alpha value is -0.0400. The number of rotatable bonds is 24. The molecular formula is C29H61N. The van der Waals surface area contributed by atoms with Gasteiger partial charge in [0.25, 0.3) is 0 Å². The van der Waals surface area contributed by atoms with Crippen LogP contribution in [0.15, 0.2) is 0 Å². The summed E-state index contributed by atoms with van der Waals surface area (Å²) in [5, 5.41) is 0. The molecule has 0 rings (SSSR count). The normalized spacial score (nSPS) is 13.1. The van der Waals surface area contributed by atoms with Crippen molar-refractivity contribution in [2.24, 2.45) is 17.1 Å². The third kappa shape index (κ3) is 16.6. The summed E-state index contributed by atoms with van der Waals surface area (Å²) in [6.45, 7) is 10.4. The van der Waals surface area contributed by atoms with E-state index in [1.807, 2.05) is 0 Å². The SMILES string of the molecule is CCCCCCCCCCC(CCCN)CCCCCCCCC(CC)(CC)CC. The standard InChI is InChI=1S/C29H61N/c1-5-9-10-11-12-13-16-19-23-28(25-22-27-30)24-20-17-14-15-18-21-26-29(6-2,7-3)8-4/h28H,5-27,30H2,1-4H3. The topological polar surface area (TPSA) is 26.0 Å². The summed E-state index contributed by atoms with van der Waals surface area (Å²) in [5.41, 5.74) is 6.44. The predicted molar refractivity (Wildman–Crippen MR) is 139 cm³/mol. The third-order valence-corrected chi connectivity index (χ3v) is 8.10. The Labute approximate surface area is 192 Å². The molecule has 0 aromatic heterocycles. The van der Waals surface area contributed by atoms with Crippen LogP contribution in [0.5, 0.6) is 0 Å². The molecule has 1 nitrogen and oxygen atoms in total. The van der Waals surface area contributed by atoms with E-state index in [2.05, 4.69) is 27.7 Å². The summed E-state index contributed by atoms with van der Waals surface area (Å²) in [5.74, 6) is 0.952. The van der Waals surface area contributed by atoms with Gasteiger partial charge >= 0.3 is 0 Å². The first-order valence-electron chi connectivity index (χ1n) is 14.4. The molecule has 0 aromatic carbocycles. The smallest absolute Gasteiger partial charge is 0.00772 e. The fourth-order valence-corrected chi connectivity index (χ4v) is 5.33. The van der Waals surface area contributed by atoms with E-state index in [1.165, 1.54) is 141 Å². The van der Waals surface area contributed by atoms with E-state index in [9.17, 15) is 0 Å². The van der Waals surface area contributed by atoms with Crippen LogP contribution in [0.2, 0.25) is 0 Å². The van der Waals surface area contributed by atoms with E-state index < -0.39 is 0 Å². The van der Waals surface area contributed by atoms with Gasteiger partial charge in [0, 0.05) is 0 Å². The predicted octanol–water partition coefficient (Wildman–Crippen LogP) is 10.2. The minimum Gasteiger partial charge on any atom is -0.330 e. The molecule has 0 heterocycles. The second kappa shape index (κ2) is 22.2. The van der Waals surface area contributed by atoms with Crippen molar-refractivity contribution < 1.29 is 0 Å². The van der Waals surface area contributed by atoms with Gasteiger partial charge in [0.15, 0.2) is 0 Å². The molecule has 1 unspecified atom stereocenters. The van der Waals surface area contributed by atoms with Gasteiger partial charge in [-0.15, -0.1) is 0 Å². The van der Waals surface area contributed by atoms with Crippen LogP contribution >= 0.6 is 0 Å². The van der Waals surface area contributed by atoms with Crippen molar-refractivity contribution in [3.8, 4) is 0 Å². The second-order valence-corrected chi connectivity index (χ2v) is 10.3. The van der Waals surface area contributed by atoms with Crippen molar-refractivity contribution in [1.82, 2.24) is 0 Å². The van der Waals surface area contributed by atoms with Gasteiger partial charge in [-0.05, 0) is 37.1 Å². The highest BCUT2D eigenvalue weighted by atomic mass is 14.5. The van der Waals surface area contributed by atoms with Gasteiger partial charge in [-0.25, -0.2) is 0 Å². The lowest BCUT2D eigenvalue weighted by atomic mass is 9.75. The molecule has 0 saturated heterocycles. The van der Waals surface area contributed by atoms with Gasteiger partial charge in [-0.2, -0.15) is 0 Å². The zero-order chi connectivity index (χ0) is 22.3. The Morgan fingerprint density at radius 2 is 0.900 bits per heavy atom. The highest BCUT2D eigenvalue weighted by Gasteiger charge is 2.22. The average molecular weight is 424 g/mol. The molecule has 30 heavy (non-hydrogen) atoms. The zero-order valence-corrected chi connectivity index (χ0v) is 21.9. The lowest BCUT2D eigenvalue weighted by Crippen LogP contribution is -2.17. The summed E-state index contributed by atoms with van der Waals surface area (Å²) < 4.78 is 0. The molecular weight excluding hydrogens is 362 g/mol. The maximum atomic E-state index is 5.79. The molecule has 0 saturated carbocycles. The van der Waals surface area contributed by atoms with E-state index >= 15 is 0 Å². The van der Waals surface area contributed by atoms with Crippen molar-refractivity contribution in [1.29, 1.82) is 0 Å². The third-order valence-electron chi connectivity index (χ3n) is 8.10. The molecule has 0 aromatic rings. The molecule has 1 atom stereocenters. The largest absolute Gasteiger partial charge is 0.330 e. The Balaban J connectivity index is 3.74. The molecule has 0 bridgehead atoms. The minimum absolute atomic E-state index is 0.645. The molecule has 0 fully saturated rings. The summed E-state index contributed by atoms with van der Waals surface area (Å²) in [6, 6.07) is 0. The summed E-state index contributed by atoms with van der Waals surface area (Å²) in [4.78, 5) is 0. The molecule has 2 N–H and O–H groups in total. The van der Waals surface area contributed by atoms with Crippen molar-refractivity contribution in [3.05, 3.63) is 0 Å². The van der Waals surface area contributed by atoms with E-state index in [0.29, 0.717) is 5.41 Å². The quantitative estimate of drug-likeness (QED) is 0.153.